The predicted molar refractivity (Wildman–Crippen MR) is 82.2 cm³/mol. The number of rotatable bonds is 4. The number of aromatic nitrogens is 5. The van der Waals surface area contributed by atoms with Gasteiger partial charge in [-0.15, -0.1) is 10.2 Å². The summed E-state index contributed by atoms with van der Waals surface area (Å²) in [6.45, 7) is 0. The summed E-state index contributed by atoms with van der Waals surface area (Å²) in [5, 5.41) is 6.50. The molecule has 1 aliphatic rings. The van der Waals surface area contributed by atoms with E-state index in [1.54, 1.807) is 0 Å². The van der Waals surface area contributed by atoms with Crippen molar-refractivity contribution in [3.8, 4) is 17.1 Å². The number of alkyl halides is 6. The summed E-state index contributed by atoms with van der Waals surface area (Å²) < 4.78 is 83.7. The van der Waals surface area contributed by atoms with E-state index in [0.717, 1.165) is 16.8 Å². The van der Waals surface area contributed by atoms with Crippen LogP contribution in [-0.2, 0) is 6.18 Å². The van der Waals surface area contributed by atoms with Gasteiger partial charge in [-0.3, -0.25) is 9.38 Å². The summed E-state index contributed by atoms with van der Waals surface area (Å²) in [5.41, 5.74) is 0.318. The summed E-state index contributed by atoms with van der Waals surface area (Å²) in [6.07, 6.45) is -6.89. The van der Waals surface area contributed by atoms with Crippen LogP contribution >= 0.6 is 0 Å². The fourth-order valence-electron chi connectivity index (χ4n) is 2.70. The first kappa shape index (κ1) is 18.4. The van der Waals surface area contributed by atoms with Crippen molar-refractivity contribution in [1.82, 2.24) is 24.6 Å². The summed E-state index contributed by atoms with van der Waals surface area (Å²) in [5.74, 6) is -2.02. The summed E-state index contributed by atoms with van der Waals surface area (Å²) in [4.78, 5) is 7.82. The smallest absolute Gasteiger partial charge is 0.452 e. The zero-order valence-corrected chi connectivity index (χ0v) is 13.9. The van der Waals surface area contributed by atoms with Gasteiger partial charge in [0, 0.05) is 29.9 Å². The highest BCUT2D eigenvalue weighted by Crippen LogP contribution is 2.42. The molecule has 0 aromatic carbocycles. The zero-order valence-electron chi connectivity index (χ0n) is 13.9. The maximum atomic E-state index is 13.0. The predicted octanol–water partition coefficient (Wildman–Crippen LogP) is 3.92. The monoisotopic (exact) mass is 403 g/mol. The van der Waals surface area contributed by atoms with Crippen LogP contribution in [0.4, 0.5) is 26.3 Å². The molecule has 0 radical (unpaired) electrons. The number of fused-ring (bicyclic) bond motifs is 1. The van der Waals surface area contributed by atoms with Gasteiger partial charge in [-0.05, 0) is 18.9 Å². The lowest BCUT2D eigenvalue weighted by molar-refractivity contribution is -0.201. The molecule has 0 amide bonds. The topological polar surface area (TPSA) is 65.2 Å². The molecule has 0 saturated heterocycles. The molecule has 0 unspecified atom stereocenters. The van der Waals surface area contributed by atoms with Crippen LogP contribution in [0.3, 0.4) is 0 Å². The Morgan fingerprint density at radius 1 is 1.00 bits per heavy atom. The Morgan fingerprint density at radius 2 is 1.75 bits per heavy atom. The maximum Gasteiger partial charge on any atom is 0.452 e. The third-order valence-corrected chi connectivity index (χ3v) is 4.20. The minimum atomic E-state index is -4.70. The largest absolute Gasteiger partial charge is 0.464 e. The summed E-state index contributed by atoms with van der Waals surface area (Å²) >= 11 is 0. The fourth-order valence-corrected chi connectivity index (χ4v) is 2.70. The highest BCUT2D eigenvalue weighted by atomic mass is 19.4. The maximum absolute atomic E-state index is 13.0. The van der Waals surface area contributed by atoms with Gasteiger partial charge in [-0.25, -0.2) is 4.98 Å². The van der Waals surface area contributed by atoms with Crippen LogP contribution in [-0.4, -0.2) is 36.8 Å². The van der Waals surface area contributed by atoms with Gasteiger partial charge in [0.05, 0.1) is 11.9 Å². The Labute approximate surface area is 153 Å². The minimum Gasteiger partial charge on any atom is -0.464 e. The van der Waals surface area contributed by atoms with Crippen molar-refractivity contribution in [2.45, 2.75) is 31.3 Å². The average Bonchev–Trinajstić information content (AvgIpc) is 3.35. The molecule has 28 heavy (non-hydrogen) atoms. The number of hydrogen-bond acceptors (Lipinski definition) is 5. The van der Waals surface area contributed by atoms with Crippen LogP contribution in [0.2, 0.25) is 0 Å². The van der Waals surface area contributed by atoms with Gasteiger partial charge in [0.15, 0.2) is 11.8 Å². The standard InChI is InChI=1S/C16H11F6N5O/c17-15(18,19)13(8-1-2-8)28-12-4-3-9(5-24-12)10-7-27-11(6-23-10)25-26-14(27)16(20,21)22/h3-8,13H,1-2H2/t13-/m0/s1. The second-order valence-corrected chi connectivity index (χ2v) is 6.32. The van der Waals surface area contributed by atoms with E-state index in [1.807, 2.05) is 0 Å². The van der Waals surface area contributed by atoms with E-state index in [1.165, 1.54) is 18.3 Å². The summed E-state index contributed by atoms with van der Waals surface area (Å²) in [7, 11) is 0. The second-order valence-electron chi connectivity index (χ2n) is 6.32. The van der Waals surface area contributed by atoms with Crippen LogP contribution in [0.1, 0.15) is 18.7 Å². The van der Waals surface area contributed by atoms with Gasteiger partial charge in [0.1, 0.15) is 0 Å². The van der Waals surface area contributed by atoms with Gasteiger partial charge in [0.25, 0.3) is 0 Å². The van der Waals surface area contributed by atoms with E-state index < -0.39 is 30.2 Å². The van der Waals surface area contributed by atoms with Gasteiger partial charge >= 0.3 is 12.4 Å². The second kappa shape index (κ2) is 6.31. The third kappa shape index (κ3) is 3.58. The molecule has 1 aliphatic carbocycles. The van der Waals surface area contributed by atoms with Crippen molar-refractivity contribution in [3.05, 3.63) is 36.5 Å². The van der Waals surface area contributed by atoms with Gasteiger partial charge < -0.3 is 4.74 Å². The first-order valence-electron chi connectivity index (χ1n) is 8.11. The van der Waals surface area contributed by atoms with Crippen molar-refractivity contribution in [2.75, 3.05) is 0 Å². The molecule has 3 aromatic rings. The van der Waals surface area contributed by atoms with Gasteiger partial charge in [-0.2, -0.15) is 26.3 Å². The highest BCUT2D eigenvalue weighted by Gasteiger charge is 2.51. The quantitative estimate of drug-likeness (QED) is 0.618. The molecule has 3 heterocycles. The Hall–Kier alpha value is -2.92. The number of halogens is 6. The number of pyridine rings is 1. The lowest BCUT2D eigenvalue weighted by atomic mass is 10.2. The van der Waals surface area contributed by atoms with Crippen molar-refractivity contribution in [3.63, 3.8) is 0 Å². The number of hydrogen-bond donors (Lipinski definition) is 0. The van der Waals surface area contributed by atoms with Crippen LogP contribution in [0, 0.1) is 5.92 Å². The Morgan fingerprint density at radius 3 is 2.32 bits per heavy atom. The van der Waals surface area contributed by atoms with Crippen LogP contribution < -0.4 is 4.74 Å². The molecular formula is C16H11F6N5O. The van der Waals surface area contributed by atoms with E-state index >= 15 is 0 Å². The molecular weight excluding hydrogens is 392 g/mol. The summed E-state index contributed by atoms with van der Waals surface area (Å²) in [6, 6.07) is 2.59. The number of nitrogens with zero attached hydrogens (tertiary/aromatic N) is 5. The Balaban J connectivity index is 1.60. The molecule has 6 nitrogen and oxygen atoms in total. The van der Waals surface area contributed by atoms with Crippen LogP contribution in [0.15, 0.2) is 30.7 Å². The first-order chi connectivity index (χ1) is 13.1. The van der Waals surface area contributed by atoms with E-state index in [0.29, 0.717) is 18.4 Å². The van der Waals surface area contributed by atoms with Gasteiger partial charge in [0.2, 0.25) is 11.7 Å². The molecule has 3 aromatic heterocycles. The Kier molecular flexibility index (Phi) is 4.16. The van der Waals surface area contributed by atoms with Crippen LogP contribution in [0.5, 0.6) is 5.88 Å². The van der Waals surface area contributed by atoms with Crippen molar-refractivity contribution in [2.24, 2.45) is 5.92 Å². The van der Waals surface area contributed by atoms with E-state index in [4.69, 9.17) is 4.74 Å². The molecule has 4 rings (SSSR count). The third-order valence-electron chi connectivity index (χ3n) is 4.20. The Bertz CT molecular complexity index is 993. The van der Waals surface area contributed by atoms with Crippen molar-refractivity contribution in [1.29, 1.82) is 0 Å². The lowest BCUT2D eigenvalue weighted by Gasteiger charge is -2.20. The SMILES string of the molecule is FC(F)(F)c1nnc2cnc(-c3ccc(O[C@@H](C4CC4)C(F)(F)F)nc3)cn12. The first-order valence-corrected chi connectivity index (χ1v) is 8.11. The molecule has 148 valence electrons. The molecule has 0 aliphatic heterocycles. The zero-order chi connectivity index (χ0) is 20.1. The molecule has 1 saturated carbocycles. The average molecular weight is 403 g/mol. The molecule has 12 heteroatoms. The highest BCUT2D eigenvalue weighted by molar-refractivity contribution is 5.59. The minimum absolute atomic E-state index is 0.0959. The van der Waals surface area contributed by atoms with Crippen LogP contribution in [0.25, 0.3) is 16.9 Å². The van der Waals surface area contributed by atoms with Crippen molar-refractivity contribution >= 4 is 5.65 Å². The molecule has 0 bridgehead atoms. The normalized spacial score (nSPS) is 16.4. The van der Waals surface area contributed by atoms with Gasteiger partial charge in [-0.1, -0.05) is 0 Å². The molecule has 0 N–H and O–H groups in total. The van der Waals surface area contributed by atoms with E-state index in [2.05, 4.69) is 20.2 Å². The number of ether oxygens (including phenoxy) is 1. The van der Waals surface area contributed by atoms with E-state index in [-0.39, 0.29) is 17.2 Å². The molecule has 0 spiro atoms. The van der Waals surface area contributed by atoms with Crippen molar-refractivity contribution < 1.29 is 31.1 Å². The lowest BCUT2D eigenvalue weighted by Crippen LogP contribution is -2.36. The molecule has 1 atom stereocenters. The fraction of sp³-hybridized carbons (Fsp3) is 0.375. The van der Waals surface area contributed by atoms with E-state index in [9.17, 15) is 26.3 Å². The molecule has 1 fully saturated rings.